The molecule has 0 saturated heterocycles. The maximum Gasteiger partial charge on any atom is 0.0648 e. The van der Waals surface area contributed by atoms with E-state index in [-0.39, 0.29) is 0 Å². The van der Waals surface area contributed by atoms with Gasteiger partial charge in [-0.25, -0.2) is 0 Å². The molecule has 0 radical (unpaired) electrons. The van der Waals surface area contributed by atoms with Gasteiger partial charge in [0.2, 0.25) is 0 Å². The fraction of sp³-hybridized carbons (Fsp3) is 0.455. The van der Waals surface area contributed by atoms with Crippen LogP contribution < -0.4 is 5.32 Å². The summed E-state index contributed by atoms with van der Waals surface area (Å²) in [6, 6.07) is 5.94. The lowest BCUT2D eigenvalue weighted by Crippen LogP contribution is -2.02. The number of hydrogen-bond donors (Lipinski definition) is 1. The van der Waals surface area contributed by atoms with Crippen LogP contribution in [0, 0.1) is 5.92 Å². The smallest absolute Gasteiger partial charge is 0.0648 e. The van der Waals surface area contributed by atoms with Crippen molar-refractivity contribution in [1.29, 1.82) is 0 Å². The van der Waals surface area contributed by atoms with Crippen molar-refractivity contribution in [2.45, 2.75) is 19.3 Å². The second-order valence-corrected chi connectivity index (χ2v) is 5.11. The summed E-state index contributed by atoms with van der Waals surface area (Å²) in [6.07, 6.45) is 4.10. The average Bonchev–Trinajstić information content (AvgIpc) is 2.92. The fourth-order valence-corrected chi connectivity index (χ4v) is 2.19. The van der Waals surface area contributed by atoms with Gasteiger partial charge in [-0.05, 0) is 30.5 Å². The quantitative estimate of drug-likeness (QED) is 0.862. The van der Waals surface area contributed by atoms with Crippen LogP contribution in [0.15, 0.2) is 22.7 Å². The lowest BCUT2D eigenvalue weighted by atomic mass is 10.2. The number of anilines is 1. The lowest BCUT2D eigenvalue weighted by Gasteiger charge is -2.07. The predicted octanol–water partition coefficient (Wildman–Crippen LogP) is 4.31. The maximum atomic E-state index is 6.07. The van der Waals surface area contributed by atoms with Crippen LogP contribution in [0.5, 0.6) is 0 Å². The third-order valence-corrected chi connectivity index (χ3v) is 3.30. The largest absolute Gasteiger partial charge is 0.384 e. The number of nitrogens with one attached hydrogen (secondary N) is 1. The molecule has 1 nitrogen and oxygen atoms in total. The van der Waals surface area contributed by atoms with Gasteiger partial charge in [-0.3, -0.25) is 0 Å². The molecule has 1 aliphatic rings. The van der Waals surface area contributed by atoms with Gasteiger partial charge in [0, 0.05) is 11.0 Å². The van der Waals surface area contributed by atoms with E-state index in [0.29, 0.717) is 0 Å². The van der Waals surface area contributed by atoms with E-state index in [0.717, 1.165) is 27.6 Å². The highest BCUT2D eigenvalue weighted by molar-refractivity contribution is 9.10. The summed E-state index contributed by atoms with van der Waals surface area (Å²) in [5.74, 6) is 0.969. The van der Waals surface area contributed by atoms with E-state index in [4.69, 9.17) is 11.6 Å². The highest BCUT2D eigenvalue weighted by atomic mass is 79.9. The molecule has 0 aliphatic heterocycles. The summed E-state index contributed by atoms with van der Waals surface area (Å²) in [5.41, 5.74) is 1.04. The Balaban J connectivity index is 1.87. The van der Waals surface area contributed by atoms with Crippen molar-refractivity contribution in [2.24, 2.45) is 5.92 Å². The highest BCUT2D eigenvalue weighted by Crippen LogP contribution is 2.32. The molecular formula is C11H13BrClN. The van der Waals surface area contributed by atoms with E-state index >= 15 is 0 Å². The Hall–Kier alpha value is -0.210. The van der Waals surface area contributed by atoms with Crippen molar-refractivity contribution in [3.63, 3.8) is 0 Å². The molecule has 3 heteroatoms. The molecule has 0 unspecified atom stereocenters. The molecule has 1 aromatic rings. The first-order valence-corrected chi connectivity index (χ1v) is 6.12. The van der Waals surface area contributed by atoms with Gasteiger partial charge in [0.25, 0.3) is 0 Å². The van der Waals surface area contributed by atoms with Gasteiger partial charge in [-0.15, -0.1) is 0 Å². The van der Waals surface area contributed by atoms with Crippen molar-refractivity contribution in [1.82, 2.24) is 0 Å². The summed E-state index contributed by atoms with van der Waals surface area (Å²) < 4.78 is 1.02. The minimum Gasteiger partial charge on any atom is -0.384 e. The summed E-state index contributed by atoms with van der Waals surface area (Å²) in [6.45, 7) is 1.03. The van der Waals surface area contributed by atoms with Crippen LogP contribution in [0.3, 0.4) is 0 Å². The third-order valence-electron chi connectivity index (χ3n) is 2.50. The summed E-state index contributed by atoms with van der Waals surface area (Å²) in [5, 5.41) is 4.15. The van der Waals surface area contributed by atoms with E-state index in [1.54, 1.807) is 0 Å². The number of halogens is 2. The fourth-order valence-electron chi connectivity index (χ4n) is 1.45. The second-order valence-electron chi connectivity index (χ2n) is 3.78. The van der Waals surface area contributed by atoms with Crippen molar-refractivity contribution in [3.05, 3.63) is 27.7 Å². The van der Waals surface area contributed by atoms with Gasteiger partial charge in [-0.2, -0.15) is 0 Å². The minimum atomic E-state index is 0.787. The van der Waals surface area contributed by atoms with Crippen LogP contribution in [0.25, 0.3) is 0 Å². The van der Waals surface area contributed by atoms with E-state index in [9.17, 15) is 0 Å². The summed E-state index contributed by atoms with van der Waals surface area (Å²) in [7, 11) is 0. The van der Waals surface area contributed by atoms with Gasteiger partial charge >= 0.3 is 0 Å². The monoisotopic (exact) mass is 273 g/mol. The molecule has 1 N–H and O–H groups in total. The zero-order valence-electron chi connectivity index (χ0n) is 7.89. The van der Waals surface area contributed by atoms with Crippen LogP contribution in [0.4, 0.5) is 5.69 Å². The van der Waals surface area contributed by atoms with Crippen LogP contribution in [-0.4, -0.2) is 6.54 Å². The van der Waals surface area contributed by atoms with E-state index in [2.05, 4.69) is 21.2 Å². The predicted molar refractivity (Wildman–Crippen MR) is 65.0 cm³/mol. The van der Waals surface area contributed by atoms with Gasteiger partial charge in [0.05, 0.1) is 10.7 Å². The Bertz CT molecular complexity index is 323. The molecule has 0 amide bonds. The molecule has 0 heterocycles. The summed E-state index contributed by atoms with van der Waals surface area (Å²) >= 11 is 9.45. The molecule has 1 aliphatic carbocycles. The van der Waals surface area contributed by atoms with Crippen molar-refractivity contribution >= 4 is 33.2 Å². The van der Waals surface area contributed by atoms with Crippen LogP contribution in [-0.2, 0) is 0 Å². The second kappa shape index (κ2) is 4.54. The Morgan fingerprint density at radius 1 is 1.43 bits per heavy atom. The summed E-state index contributed by atoms with van der Waals surface area (Å²) in [4.78, 5) is 0. The van der Waals surface area contributed by atoms with E-state index in [1.807, 2.05) is 18.2 Å². The molecule has 0 spiro atoms. The van der Waals surface area contributed by atoms with Crippen molar-refractivity contribution in [2.75, 3.05) is 11.9 Å². The molecule has 76 valence electrons. The SMILES string of the molecule is Clc1cc(Br)ccc1NCCC1CC1. The first kappa shape index (κ1) is 10.3. The number of rotatable bonds is 4. The molecule has 2 rings (SSSR count). The zero-order valence-corrected chi connectivity index (χ0v) is 10.2. The standard InChI is InChI=1S/C11H13BrClN/c12-9-3-4-11(10(13)7-9)14-6-5-8-1-2-8/h3-4,7-8,14H,1-2,5-6H2. The van der Waals surface area contributed by atoms with Crippen molar-refractivity contribution < 1.29 is 0 Å². The molecule has 0 aromatic heterocycles. The van der Waals surface area contributed by atoms with Gasteiger partial charge in [0.15, 0.2) is 0 Å². The Morgan fingerprint density at radius 2 is 2.21 bits per heavy atom. The molecule has 1 fully saturated rings. The molecular weight excluding hydrogens is 261 g/mol. The Morgan fingerprint density at radius 3 is 2.86 bits per heavy atom. The minimum absolute atomic E-state index is 0.787. The van der Waals surface area contributed by atoms with Gasteiger partial charge in [0.1, 0.15) is 0 Å². The molecule has 1 aromatic carbocycles. The van der Waals surface area contributed by atoms with Crippen LogP contribution in [0.2, 0.25) is 5.02 Å². The normalized spacial score (nSPS) is 15.6. The maximum absolute atomic E-state index is 6.07. The molecule has 14 heavy (non-hydrogen) atoms. The van der Waals surface area contributed by atoms with Gasteiger partial charge < -0.3 is 5.32 Å². The topological polar surface area (TPSA) is 12.0 Å². The highest BCUT2D eigenvalue weighted by Gasteiger charge is 2.20. The molecule has 0 atom stereocenters. The first-order chi connectivity index (χ1) is 6.75. The first-order valence-electron chi connectivity index (χ1n) is 4.94. The van der Waals surface area contributed by atoms with Gasteiger partial charge in [-0.1, -0.05) is 40.4 Å². The zero-order chi connectivity index (χ0) is 9.97. The van der Waals surface area contributed by atoms with Crippen molar-refractivity contribution in [3.8, 4) is 0 Å². The molecule has 0 bridgehead atoms. The lowest BCUT2D eigenvalue weighted by molar-refractivity contribution is 0.760. The Kier molecular flexibility index (Phi) is 3.34. The Labute approximate surface area is 98.0 Å². The average molecular weight is 275 g/mol. The van der Waals surface area contributed by atoms with Crippen LogP contribution >= 0.6 is 27.5 Å². The third kappa shape index (κ3) is 2.89. The number of hydrogen-bond acceptors (Lipinski definition) is 1. The molecule has 1 saturated carbocycles. The van der Waals surface area contributed by atoms with E-state index in [1.165, 1.54) is 19.3 Å². The van der Waals surface area contributed by atoms with Crippen LogP contribution in [0.1, 0.15) is 19.3 Å². The number of benzene rings is 1. The van der Waals surface area contributed by atoms with E-state index < -0.39 is 0 Å².